The Balaban J connectivity index is 2.02. The largest absolute Gasteiger partial charge is 0.299 e. The van der Waals surface area contributed by atoms with Crippen LogP contribution in [-0.2, 0) is 0 Å². The molecule has 2 aliphatic rings. The molecule has 2 N–H and O–H groups in total. The van der Waals surface area contributed by atoms with Crippen molar-refractivity contribution in [2.75, 3.05) is 19.6 Å². The van der Waals surface area contributed by atoms with Gasteiger partial charge in [0.2, 0.25) is 0 Å². The fraction of sp³-hybridized carbons (Fsp3) is 1.00. The molecule has 100 valence electrons. The molecule has 2 heterocycles. The Morgan fingerprint density at radius 1 is 1.35 bits per heavy atom. The molecule has 0 aromatic rings. The Morgan fingerprint density at radius 3 is 2.65 bits per heavy atom. The third-order valence-corrected chi connectivity index (χ3v) is 4.67. The summed E-state index contributed by atoms with van der Waals surface area (Å²) in [6.07, 6.45) is 2.47. The van der Waals surface area contributed by atoms with Gasteiger partial charge in [0.1, 0.15) is 0 Å². The minimum atomic E-state index is 0.141. The molecule has 2 rings (SSSR count). The van der Waals surface area contributed by atoms with E-state index in [0.717, 1.165) is 12.3 Å². The summed E-state index contributed by atoms with van der Waals surface area (Å²) < 4.78 is 0. The first-order valence-electron chi connectivity index (χ1n) is 7.12. The molecular weight excluding hydrogens is 210 g/mol. The number of likely N-dealkylation sites (tertiary alicyclic amines) is 1. The molecule has 17 heavy (non-hydrogen) atoms. The van der Waals surface area contributed by atoms with E-state index in [0.29, 0.717) is 11.6 Å². The first-order valence-corrected chi connectivity index (χ1v) is 7.12. The lowest BCUT2D eigenvalue weighted by Crippen LogP contribution is -2.70. The number of hydrogen-bond donors (Lipinski definition) is 2. The van der Waals surface area contributed by atoms with Gasteiger partial charge in [-0.05, 0) is 53.0 Å². The third kappa shape index (κ3) is 2.83. The highest BCUT2D eigenvalue weighted by Gasteiger charge is 2.40. The zero-order chi connectivity index (χ0) is 12.7. The Labute approximate surface area is 106 Å². The Kier molecular flexibility index (Phi) is 3.54. The molecule has 2 aliphatic heterocycles. The van der Waals surface area contributed by atoms with Gasteiger partial charge < -0.3 is 0 Å². The first kappa shape index (κ1) is 13.3. The van der Waals surface area contributed by atoms with E-state index >= 15 is 0 Å². The lowest BCUT2D eigenvalue weighted by Gasteiger charge is -2.51. The van der Waals surface area contributed by atoms with Crippen LogP contribution in [-0.4, -0.2) is 41.8 Å². The number of nitrogens with zero attached hydrogens (tertiary/aromatic N) is 1. The van der Waals surface area contributed by atoms with Crippen molar-refractivity contribution in [2.24, 2.45) is 5.92 Å². The molecular formula is C14H29N3. The first-order chi connectivity index (χ1) is 7.84. The van der Waals surface area contributed by atoms with Gasteiger partial charge in [-0.2, -0.15) is 0 Å². The van der Waals surface area contributed by atoms with E-state index < -0.39 is 0 Å². The molecule has 3 heteroatoms. The van der Waals surface area contributed by atoms with Crippen molar-refractivity contribution < 1.29 is 0 Å². The van der Waals surface area contributed by atoms with E-state index in [-0.39, 0.29) is 5.66 Å². The average molecular weight is 239 g/mol. The van der Waals surface area contributed by atoms with E-state index in [4.69, 9.17) is 0 Å². The predicted molar refractivity (Wildman–Crippen MR) is 73.1 cm³/mol. The number of fused-ring (bicyclic) bond motifs is 1. The normalized spacial score (nSPS) is 40.1. The van der Waals surface area contributed by atoms with Crippen LogP contribution in [0.25, 0.3) is 0 Å². The molecule has 0 aliphatic carbocycles. The summed E-state index contributed by atoms with van der Waals surface area (Å²) in [6, 6.07) is 0.661. The summed E-state index contributed by atoms with van der Waals surface area (Å²) in [4.78, 5) is 2.63. The van der Waals surface area contributed by atoms with E-state index in [1.54, 1.807) is 0 Å². The number of rotatable bonds is 1. The molecule has 2 saturated heterocycles. The maximum absolute atomic E-state index is 3.83. The van der Waals surface area contributed by atoms with Crippen LogP contribution in [0.1, 0.15) is 47.5 Å². The molecule has 0 radical (unpaired) electrons. The zero-order valence-electron chi connectivity index (χ0n) is 12.1. The van der Waals surface area contributed by atoms with Crippen molar-refractivity contribution >= 4 is 0 Å². The topological polar surface area (TPSA) is 27.3 Å². The van der Waals surface area contributed by atoms with Gasteiger partial charge in [0.15, 0.2) is 0 Å². The molecule has 3 nitrogen and oxygen atoms in total. The van der Waals surface area contributed by atoms with Crippen molar-refractivity contribution in [3.05, 3.63) is 0 Å². The van der Waals surface area contributed by atoms with Crippen LogP contribution in [0.5, 0.6) is 0 Å². The van der Waals surface area contributed by atoms with Gasteiger partial charge in [-0.3, -0.25) is 15.5 Å². The van der Waals surface area contributed by atoms with Crippen LogP contribution in [0.4, 0.5) is 0 Å². The fourth-order valence-corrected chi connectivity index (χ4v) is 3.06. The second kappa shape index (κ2) is 4.52. The van der Waals surface area contributed by atoms with E-state index in [1.165, 1.54) is 26.1 Å². The molecule has 0 aromatic heterocycles. The van der Waals surface area contributed by atoms with Gasteiger partial charge >= 0.3 is 0 Å². The average Bonchev–Trinajstić information content (AvgIpc) is 2.27. The third-order valence-electron chi connectivity index (χ3n) is 4.67. The molecule has 3 atom stereocenters. The highest BCUT2D eigenvalue weighted by molar-refractivity contribution is 4.98. The van der Waals surface area contributed by atoms with Crippen molar-refractivity contribution in [1.82, 2.24) is 15.5 Å². The molecule has 0 amide bonds. The quantitative estimate of drug-likeness (QED) is 0.730. The SMILES string of the molecule is CCC1(C)NCC2CCN(C(C)(C)C)CC2N1. The number of nitrogens with one attached hydrogen (secondary N) is 2. The van der Waals surface area contributed by atoms with Gasteiger partial charge in [0.25, 0.3) is 0 Å². The summed E-state index contributed by atoms with van der Waals surface area (Å²) in [6.45, 7) is 15.2. The minimum Gasteiger partial charge on any atom is -0.299 e. The highest BCUT2D eigenvalue weighted by atomic mass is 15.3. The fourth-order valence-electron chi connectivity index (χ4n) is 3.06. The lowest BCUT2D eigenvalue weighted by atomic mass is 9.85. The van der Waals surface area contributed by atoms with Crippen molar-refractivity contribution in [3.63, 3.8) is 0 Å². The summed E-state index contributed by atoms with van der Waals surface area (Å²) in [5, 5.41) is 7.50. The van der Waals surface area contributed by atoms with Gasteiger partial charge in [0.05, 0.1) is 5.66 Å². The highest BCUT2D eigenvalue weighted by Crippen LogP contribution is 2.28. The van der Waals surface area contributed by atoms with Gasteiger partial charge in [-0.15, -0.1) is 0 Å². The van der Waals surface area contributed by atoms with E-state index in [9.17, 15) is 0 Å². The molecule has 3 unspecified atom stereocenters. The van der Waals surface area contributed by atoms with Gasteiger partial charge in [-0.25, -0.2) is 0 Å². The van der Waals surface area contributed by atoms with Crippen LogP contribution in [0.2, 0.25) is 0 Å². The molecule has 0 spiro atoms. The number of piperidine rings is 1. The lowest BCUT2D eigenvalue weighted by molar-refractivity contribution is 0.0224. The van der Waals surface area contributed by atoms with Gasteiger partial charge in [0, 0.05) is 24.7 Å². The van der Waals surface area contributed by atoms with Crippen LogP contribution in [0, 0.1) is 5.92 Å². The van der Waals surface area contributed by atoms with Crippen molar-refractivity contribution in [3.8, 4) is 0 Å². The smallest absolute Gasteiger partial charge is 0.0658 e. The summed E-state index contributed by atoms with van der Waals surface area (Å²) in [5.41, 5.74) is 0.447. The second-order valence-corrected chi connectivity index (χ2v) is 6.98. The monoisotopic (exact) mass is 239 g/mol. The molecule has 0 bridgehead atoms. The van der Waals surface area contributed by atoms with Crippen LogP contribution >= 0.6 is 0 Å². The summed E-state index contributed by atoms with van der Waals surface area (Å²) in [5.74, 6) is 0.813. The molecule has 2 fully saturated rings. The van der Waals surface area contributed by atoms with Crippen LogP contribution < -0.4 is 10.6 Å². The zero-order valence-corrected chi connectivity index (χ0v) is 12.1. The Bertz CT molecular complexity index is 271. The molecule has 0 aromatic carbocycles. The maximum atomic E-state index is 3.83. The Morgan fingerprint density at radius 2 is 2.06 bits per heavy atom. The van der Waals surface area contributed by atoms with Gasteiger partial charge in [-0.1, -0.05) is 6.92 Å². The van der Waals surface area contributed by atoms with Crippen LogP contribution in [0.15, 0.2) is 0 Å². The maximum Gasteiger partial charge on any atom is 0.0658 e. The Hall–Kier alpha value is -0.120. The standard InChI is InChI=1S/C14H29N3/c1-6-14(5)15-9-11-7-8-17(13(2,3)4)10-12(11)16-14/h11-12,15-16H,6-10H2,1-5H3. The van der Waals surface area contributed by atoms with E-state index in [2.05, 4.69) is 50.2 Å². The minimum absolute atomic E-state index is 0.141. The molecule has 0 saturated carbocycles. The van der Waals surface area contributed by atoms with E-state index in [1.807, 2.05) is 0 Å². The summed E-state index contributed by atoms with van der Waals surface area (Å²) >= 11 is 0. The van der Waals surface area contributed by atoms with Crippen molar-refractivity contribution in [1.29, 1.82) is 0 Å². The van der Waals surface area contributed by atoms with Crippen molar-refractivity contribution in [2.45, 2.75) is 64.7 Å². The number of hydrogen-bond acceptors (Lipinski definition) is 3. The second-order valence-electron chi connectivity index (χ2n) is 6.98. The van der Waals surface area contributed by atoms with Crippen LogP contribution in [0.3, 0.4) is 0 Å². The predicted octanol–water partition coefficient (Wildman–Crippen LogP) is 1.79. The summed E-state index contributed by atoms with van der Waals surface area (Å²) in [7, 11) is 0.